The number of hydrogen-bond donors (Lipinski definition) is 2. The van der Waals surface area contributed by atoms with Crippen molar-refractivity contribution in [2.75, 3.05) is 17.2 Å². The minimum absolute atomic E-state index is 0.151. The molecule has 20 heavy (non-hydrogen) atoms. The summed E-state index contributed by atoms with van der Waals surface area (Å²) in [6, 6.07) is 0. The van der Waals surface area contributed by atoms with Crippen LogP contribution in [0.3, 0.4) is 0 Å². The van der Waals surface area contributed by atoms with Crippen LogP contribution in [-0.4, -0.2) is 36.3 Å². The number of hydrogen-bond acceptors (Lipinski definition) is 7. The number of halogens is 1. The van der Waals surface area contributed by atoms with Crippen molar-refractivity contribution >= 4 is 23.5 Å². The Balaban J connectivity index is 2.03. The molecule has 2 aromatic rings. The molecule has 2 heterocycles. The lowest BCUT2D eigenvalue weighted by atomic mass is 10.5. The van der Waals surface area contributed by atoms with Gasteiger partial charge in [-0.1, -0.05) is 6.92 Å². The molecule has 108 valence electrons. The van der Waals surface area contributed by atoms with E-state index in [4.69, 9.17) is 11.6 Å². The van der Waals surface area contributed by atoms with Crippen molar-refractivity contribution < 1.29 is 0 Å². The van der Waals surface area contributed by atoms with Crippen molar-refractivity contribution in [2.45, 2.75) is 33.4 Å². The molecule has 2 rings (SSSR count). The summed E-state index contributed by atoms with van der Waals surface area (Å²) in [6.45, 7) is 6.16. The van der Waals surface area contributed by atoms with Gasteiger partial charge in [-0.3, -0.25) is 0 Å². The molecule has 8 nitrogen and oxygen atoms in total. The Morgan fingerprint density at radius 1 is 1.15 bits per heavy atom. The van der Waals surface area contributed by atoms with Gasteiger partial charge in [0.2, 0.25) is 17.2 Å². The Hall–Kier alpha value is -1.96. The highest BCUT2D eigenvalue weighted by molar-refractivity contribution is 6.28. The Morgan fingerprint density at radius 3 is 2.60 bits per heavy atom. The van der Waals surface area contributed by atoms with Crippen LogP contribution in [0.15, 0.2) is 6.33 Å². The Labute approximate surface area is 122 Å². The highest BCUT2D eigenvalue weighted by Crippen LogP contribution is 2.10. The maximum Gasteiger partial charge on any atom is 0.229 e. The predicted molar refractivity (Wildman–Crippen MR) is 76.6 cm³/mol. The molecule has 0 fully saturated rings. The lowest BCUT2D eigenvalue weighted by Crippen LogP contribution is -2.12. The first-order valence-electron chi connectivity index (χ1n) is 6.49. The molecule has 0 bridgehead atoms. The van der Waals surface area contributed by atoms with Crippen LogP contribution in [-0.2, 0) is 13.1 Å². The first-order chi connectivity index (χ1) is 9.72. The molecule has 2 aromatic heterocycles. The van der Waals surface area contributed by atoms with Gasteiger partial charge in [-0.05, 0) is 24.9 Å². The predicted octanol–water partition coefficient (Wildman–Crippen LogP) is 1.57. The van der Waals surface area contributed by atoms with Gasteiger partial charge in [-0.2, -0.15) is 15.0 Å². The van der Waals surface area contributed by atoms with Crippen molar-refractivity contribution in [2.24, 2.45) is 0 Å². The minimum Gasteiger partial charge on any atom is -0.354 e. The first kappa shape index (κ1) is 14.4. The second kappa shape index (κ2) is 6.99. The monoisotopic (exact) mass is 296 g/mol. The maximum atomic E-state index is 5.87. The zero-order chi connectivity index (χ0) is 14.4. The van der Waals surface area contributed by atoms with Gasteiger partial charge in [0.05, 0.1) is 6.54 Å². The van der Waals surface area contributed by atoms with Crippen LogP contribution >= 0.6 is 11.6 Å². The topological polar surface area (TPSA) is 93.4 Å². The third kappa shape index (κ3) is 3.77. The van der Waals surface area contributed by atoms with Crippen LogP contribution < -0.4 is 10.6 Å². The van der Waals surface area contributed by atoms with Crippen LogP contribution in [0.1, 0.15) is 26.1 Å². The molecule has 2 N–H and O–H groups in total. The largest absolute Gasteiger partial charge is 0.354 e. The van der Waals surface area contributed by atoms with Crippen molar-refractivity contribution in [1.82, 2.24) is 29.7 Å². The molecule has 0 saturated heterocycles. The van der Waals surface area contributed by atoms with Crippen molar-refractivity contribution in [1.29, 1.82) is 0 Å². The van der Waals surface area contributed by atoms with E-state index in [1.807, 2.05) is 11.5 Å². The van der Waals surface area contributed by atoms with Gasteiger partial charge in [-0.25, -0.2) is 0 Å². The summed E-state index contributed by atoms with van der Waals surface area (Å²) in [5.74, 6) is 1.69. The van der Waals surface area contributed by atoms with Gasteiger partial charge in [0.25, 0.3) is 0 Å². The van der Waals surface area contributed by atoms with E-state index in [1.165, 1.54) is 0 Å². The van der Waals surface area contributed by atoms with E-state index >= 15 is 0 Å². The molecule has 0 amide bonds. The molecule has 0 aliphatic carbocycles. The Bertz CT molecular complexity index is 555. The summed E-state index contributed by atoms with van der Waals surface area (Å²) >= 11 is 5.87. The van der Waals surface area contributed by atoms with Crippen LogP contribution in [0, 0.1) is 0 Å². The van der Waals surface area contributed by atoms with E-state index in [-0.39, 0.29) is 5.28 Å². The molecule has 0 spiro atoms. The number of rotatable bonds is 7. The van der Waals surface area contributed by atoms with Crippen molar-refractivity contribution in [3.63, 3.8) is 0 Å². The normalized spacial score (nSPS) is 10.6. The number of nitrogens with one attached hydrogen (secondary N) is 2. The van der Waals surface area contributed by atoms with Gasteiger partial charge in [0, 0.05) is 13.1 Å². The number of aromatic nitrogens is 6. The van der Waals surface area contributed by atoms with Crippen molar-refractivity contribution in [3.05, 3.63) is 17.4 Å². The lowest BCUT2D eigenvalue weighted by molar-refractivity contribution is 0.706. The Kier molecular flexibility index (Phi) is 5.05. The summed E-state index contributed by atoms with van der Waals surface area (Å²) in [7, 11) is 0. The van der Waals surface area contributed by atoms with Crippen LogP contribution in [0.25, 0.3) is 0 Å². The first-order valence-corrected chi connectivity index (χ1v) is 6.86. The van der Waals surface area contributed by atoms with Gasteiger partial charge >= 0.3 is 0 Å². The third-order valence-electron chi connectivity index (χ3n) is 2.58. The quantitative estimate of drug-likeness (QED) is 0.801. The summed E-state index contributed by atoms with van der Waals surface area (Å²) < 4.78 is 1.94. The summed E-state index contributed by atoms with van der Waals surface area (Å²) in [6.07, 6.45) is 2.66. The fourth-order valence-corrected chi connectivity index (χ4v) is 1.74. The second-order valence-corrected chi connectivity index (χ2v) is 4.40. The van der Waals surface area contributed by atoms with E-state index in [9.17, 15) is 0 Å². The van der Waals surface area contributed by atoms with E-state index in [0.717, 1.165) is 25.3 Å². The third-order valence-corrected chi connectivity index (χ3v) is 2.75. The number of aryl methyl sites for hydroxylation is 1. The van der Waals surface area contributed by atoms with E-state index in [2.05, 4.69) is 42.7 Å². The lowest BCUT2D eigenvalue weighted by Gasteiger charge is -2.08. The van der Waals surface area contributed by atoms with Crippen molar-refractivity contribution in [3.8, 4) is 0 Å². The molecule has 0 aromatic carbocycles. The fourth-order valence-electron chi connectivity index (χ4n) is 1.58. The summed E-state index contributed by atoms with van der Waals surface area (Å²) in [4.78, 5) is 12.3. The molecule has 9 heteroatoms. The summed E-state index contributed by atoms with van der Waals surface area (Å²) in [5, 5.41) is 14.2. The highest BCUT2D eigenvalue weighted by atomic mass is 35.5. The molecule has 0 aliphatic rings. The SMILES string of the molecule is CCCNc1nc(Cl)nc(NCc2nncn2CC)n1. The van der Waals surface area contributed by atoms with Crippen LogP contribution in [0.2, 0.25) is 5.28 Å². The molecule has 0 atom stereocenters. The second-order valence-electron chi connectivity index (χ2n) is 4.07. The van der Waals surface area contributed by atoms with Crippen LogP contribution in [0.5, 0.6) is 0 Å². The van der Waals surface area contributed by atoms with E-state index in [1.54, 1.807) is 6.33 Å². The molecule has 0 radical (unpaired) electrons. The van der Waals surface area contributed by atoms with Crippen LogP contribution in [0.4, 0.5) is 11.9 Å². The summed E-state index contributed by atoms with van der Waals surface area (Å²) in [5.41, 5.74) is 0. The van der Waals surface area contributed by atoms with Gasteiger partial charge < -0.3 is 15.2 Å². The average molecular weight is 297 g/mol. The Morgan fingerprint density at radius 2 is 1.90 bits per heavy atom. The van der Waals surface area contributed by atoms with E-state index in [0.29, 0.717) is 18.4 Å². The van der Waals surface area contributed by atoms with E-state index < -0.39 is 0 Å². The minimum atomic E-state index is 0.151. The molecule has 0 unspecified atom stereocenters. The molecule has 0 aliphatic heterocycles. The molecule has 0 saturated carbocycles. The molecular formula is C11H17ClN8. The number of nitrogens with zero attached hydrogens (tertiary/aromatic N) is 6. The standard InChI is InChI=1S/C11H17ClN8/c1-3-5-13-10-16-9(12)17-11(18-10)14-6-8-19-15-7-20(8)4-2/h7H,3-6H2,1-2H3,(H2,13,14,16,17,18). The average Bonchev–Trinajstić information content (AvgIpc) is 2.90. The fraction of sp³-hybridized carbons (Fsp3) is 0.545. The maximum absolute atomic E-state index is 5.87. The zero-order valence-electron chi connectivity index (χ0n) is 11.5. The number of anilines is 2. The van der Waals surface area contributed by atoms with Gasteiger partial charge in [0.1, 0.15) is 6.33 Å². The molecular weight excluding hydrogens is 280 g/mol. The zero-order valence-corrected chi connectivity index (χ0v) is 12.2. The van der Waals surface area contributed by atoms with Gasteiger partial charge in [0.15, 0.2) is 5.82 Å². The van der Waals surface area contributed by atoms with Gasteiger partial charge in [-0.15, -0.1) is 10.2 Å². The highest BCUT2D eigenvalue weighted by Gasteiger charge is 2.07. The smallest absolute Gasteiger partial charge is 0.229 e.